The zero-order valence-corrected chi connectivity index (χ0v) is 12.4. The predicted molar refractivity (Wildman–Crippen MR) is 74.8 cm³/mol. The molecule has 0 amide bonds. The van der Waals surface area contributed by atoms with Gasteiger partial charge in [-0.25, -0.2) is 4.68 Å². The first-order chi connectivity index (χ1) is 8.90. The Morgan fingerprint density at radius 3 is 2.58 bits per heavy atom. The number of alkyl halides is 1. The van der Waals surface area contributed by atoms with Gasteiger partial charge < -0.3 is 0 Å². The number of nitro benzene ring substituents is 1. The van der Waals surface area contributed by atoms with Crippen molar-refractivity contribution in [2.24, 2.45) is 0 Å². The largest absolute Gasteiger partial charge is 0.274 e. The van der Waals surface area contributed by atoms with Crippen molar-refractivity contribution in [2.45, 2.75) is 25.6 Å². The van der Waals surface area contributed by atoms with E-state index in [1.165, 1.54) is 6.07 Å². The summed E-state index contributed by atoms with van der Waals surface area (Å²) in [5, 5.41) is 19.0. The summed E-state index contributed by atoms with van der Waals surface area (Å²) in [7, 11) is 0. The molecule has 0 saturated carbocycles. The smallest absolute Gasteiger partial charge is 0.258 e. The molecule has 1 aromatic heterocycles. The van der Waals surface area contributed by atoms with Gasteiger partial charge in [-0.1, -0.05) is 21.1 Å². The first kappa shape index (κ1) is 13.7. The van der Waals surface area contributed by atoms with Crippen LogP contribution in [0, 0.1) is 24.0 Å². The lowest BCUT2D eigenvalue weighted by atomic mass is 10.1. The highest BCUT2D eigenvalue weighted by atomic mass is 79.9. The molecule has 0 fully saturated rings. The fourth-order valence-electron chi connectivity index (χ4n) is 1.85. The second kappa shape index (κ2) is 5.08. The fourth-order valence-corrected chi connectivity index (χ4v) is 2.06. The van der Waals surface area contributed by atoms with Crippen LogP contribution in [0.15, 0.2) is 18.3 Å². The highest BCUT2D eigenvalue weighted by molar-refractivity contribution is 9.09. The van der Waals surface area contributed by atoms with Crippen LogP contribution in [-0.4, -0.2) is 19.9 Å². The van der Waals surface area contributed by atoms with Gasteiger partial charge in [0, 0.05) is 11.6 Å². The lowest BCUT2D eigenvalue weighted by Crippen LogP contribution is -2.01. The van der Waals surface area contributed by atoms with Crippen molar-refractivity contribution in [1.82, 2.24) is 15.0 Å². The van der Waals surface area contributed by atoms with Gasteiger partial charge in [0.2, 0.25) is 0 Å². The van der Waals surface area contributed by atoms with Gasteiger partial charge in [0.25, 0.3) is 5.69 Å². The summed E-state index contributed by atoms with van der Waals surface area (Å²) in [6, 6.07) is 3.31. The van der Waals surface area contributed by atoms with E-state index in [1.807, 2.05) is 13.8 Å². The van der Waals surface area contributed by atoms with Crippen LogP contribution in [0.5, 0.6) is 0 Å². The topological polar surface area (TPSA) is 73.8 Å². The number of benzene rings is 1. The lowest BCUT2D eigenvalue weighted by Gasteiger charge is -2.06. The summed E-state index contributed by atoms with van der Waals surface area (Å²) < 4.78 is 1.56. The summed E-state index contributed by atoms with van der Waals surface area (Å²) in [5.74, 6) is 0. The maximum absolute atomic E-state index is 11.0. The Balaban J connectivity index is 2.54. The van der Waals surface area contributed by atoms with E-state index in [0.29, 0.717) is 11.3 Å². The molecule has 0 bridgehead atoms. The van der Waals surface area contributed by atoms with E-state index in [0.717, 1.165) is 11.3 Å². The van der Waals surface area contributed by atoms with Crippen LogP contribution in [0.25, 0.3) is 5.69 Å². The van der Waals surface area contributed by atoms with Crippen LogP contribution in [0.3, 0.4) is 0 Å². The number of hydrogen-bond acceptors (Lipinski definition) is 4. The number of aromatic nitrogens is 3. The standard InChI is InChI=1S/C12H13BrN4O2/c1-7-4-8(2)12(17(18)19)5-11(7)16-6-10(9(3)13)14-15-16/h4-6,9H,1-3H3. The van der Waals surface area contributed by atoms with Crippen LogP contribution in [-0.2, 0) is 0 Å². The molecule has 100 valence electrons. The van der Waals surface area contributed by atoms with Gasteiger partial charge >= 0.3 is 0 Å². The van der Waals surface area contributed by atoms with Gasteiger partial charge in [-0.15, -0.1) is 5.10 Å². The summed E-state index contributed by atoms with van der Waals surface area (Å²) >= 11 is 3.41. The molecule has 6 nitrogen and oxygen atoms in total. The number of nitro groups is 1. The van der Waals surface area contributed by atoms with E-state index in [1.54, 1.807) is 23.9 Å². The Labute approximate surface area is 118 Å². The molecule has 0 aliphatic rings. The Morgan fingerprint density at radius 2 is 2.05 bits per heavy atom. The van der Waals surface area contributed by atoms with Gasteiger partial charge in [-0.3, -0.25) is 10.1 Å². The molecule has 0 spiro atoms. The van der Waals surface area contributed by atoms with Gasteiger partial charge in [-0.2, -0.15) is 0 Å². The average molecular weight is 325 g/mol. The Hall–Kier alpha value is -1.76. The van der Waals surface area contributed by atoms with Crippen molar-refractivity contribution < 1.29 is 4.92 Å². The van der Waals surface area contributed by atoms with Crippen LogP contribution >= 0.6 is 15.9 Å². The maximum Gasteiger partial charge on any atom is 0.274 e. The third-order valence-corrected chi connectivity index (χ3v) is 3.35. The van der Waals surface area contributed by atoms with Gasteiger partial charge in [0.1, 0.15) is 0 Å². The first-order valence-electron chi connectivity index (χ1n) is 5.72. The molecule has 0 radical (unpaired) electrons. The molecule has 19 heavy (non-hydrogen) atoms. The third kappa shape index (κ3) is 2.65. The van der Waals surface area contributed by atoms with E-state index in [-0.39, 0.29) is 15.4 Å². The van der Waals surface area contributed by atoms with Crippen molar-refractivity contribution in [3.05, 3.63) is 45.3 Å². The van der Waals surface area contributed by atoms with Crippen LogP contribution in [0.1, 0.15) is 28.6 Å². The maximum atomic E-state index is 11.0. The number of nitrogens with zero attached hydrogens (tertiary/aromatic N) is 4. The van der Waals surface area contributed by atoms with E-state index >= 15 is 0 Å². The second-order valence-corrected chi connectivity index (χ2v) is 5.76. The highest BCUT2D eigenvalue weighted by Crippen LogP contribution is 2.26. The molecular weight excluding hydrogens is 312 g/mol. The second-order valence-electron chi connectivity index (χ2n) is 4.39. The molecule has 0 aliphatic carbocycles. The molecule has 1 atom stereocenters. The Kier molecular flexibility index (Phi) is 3.66. The van der Waals surface area contributed by atoms with Crippen LogP contribution in [0.2, 0.25) is 0 Å². The normalized spacial score (nSPS) is 12.4. The van der Waals surface area contributed by atoms with Gasteiger partial charge in [0.05, 0.1) is 27.3 Å². The zero-order chi connectivity index (χ0) is 14.2. The van der Waals surface area contributed by atoms with E-state index in [9.17, 15) is 10.1 Å². The molecule has 0 aliphatic heterocycles. The van der Waals surface area contributed by atoms with Crippen molar-refractivity contribution in [3.63, 3.8) is 0 Å². The van der Waals surface area contributed by atoms with Gasteiger partial charge in [0.15, 0.2) is 0 Å². The minimum atomic E-state index is -0.386. The Morgan fingerprint density at radius 1 is 1.37 bits per heavy atom. The van der Waals surface area contributed by atoms with Gasteiger partial charge in [-0.05, 0) is 32.4 Å². The number of rotatable bonds is 3. The number of hydrogen-bond donors (Lipinski definition) is 0. The molecule has 1 heterocycles. The third-order valence-electron chi connectivity index (χ3n) is 2.88. The summed E-state index contributed by atoms with van der Waals surface area (Å²) in [6.07, 6.45) is 1.76. The van der Waals surface area contributed by atoms with Crippen LogP contribution in [0.4, 0.5) is 5.69 Å². The monoisotopic (exact) mass is 324 g/mol. The molecule has 2 aromatic rings. The first-order valence-corrected chi connectivity index (χ1v) is 6.64. The molecular formula is C12H13BrN4O2. The fraction of sp³-hybridized carbons (Fsp3) is 0.333. The minimum Gasteiger partial charge on any atom is -0.258 e. The Bertz CT molecular complexity index is 637. The SMILES string of the molecule is Cc1cc(C)c([N+](=O)[O-])cc1-n1cc(C(C)Br)nn1. The van der Waals surface area contributed by atoms with Crippen molar-refractivity contribution in [1.29, 1.82) is 0 Å². The molecule has 1 unspecified atom stereocenters. The van der Waals surface area contributed by atoms with E-state index in [4.69, 9.17) is 0 Å². The average Bonchev–Trinajstić information content (AvgIpc) is 2.77. The molecule has 0 N–H and O–H groups in total. The van der Waals surface area contributed by atoms with Crippen molar-refractivity contribution in [2.75, 3.05) is 0 Å². The molecule has 7 heteroatoms. The van der Waals surface area contributed by atoms with E-state index in [2.05, 4.69) is 26.2 Å². The predicted octanol–water partition coefficient (Wildman–Crippen LogP) is 3.25. The zero-order valence-electron chi connectivity index (χ0n) is 10.8. The summed E-state index contributed by atoms with van der Waals surface area (Å²) in [5.41, 5.74) is 3.10. The van der Waals surface area contributed by atoms with E-state index < -0.39 is 0 Å². The molecule has 1 aromatic carbocycles. The highest BCUT2D eigenvalue weighted by Gasteiger charge is 2.16. The van der Waals surface area contributed by atoms with Crippen molar-refractivity contribution in [3.8, 4) is 5.69 Å². The molecule has 0 saturated heterocycles. The lowest BCUT2D eigenvalue weighted by molar-refractivity contribution is -0.385. The summed E-state index contributed by atoms with van der Waals surface area (Å²) in [6.45, 7) is 5.56. The van der Waals surface area contributed by atoms with Crippen molar-refractivity contribution >= 4 is 21.6 Å². The number of halogens is 1. The van der Waals surface area contributed by atoms with Crippen LogP contribution < -0.4 is 0 Å². The molecule has 2 rings (SSSR count). The summed E-state index contributed by atoms with van der Waals surface area (Å²) in [4.78, 5) is 10.7. The number of aryl methyl sites for hydroxylation is 2. The quantitative estimate of drug-likeness (QED) is 0.493. The minimum absolute atomic E-state index is 0.0852.